The van der Waals surface area contributed by atoms with Gasteiger partial charge in [0.1, 0.15) is 23.9 Å². The van der Waals surface area contributed by atoms with Crippen LogP contribution in [0.15, 0.2) is 70.2 Å². The van der Waals surface area contributed by atoms with Crippen LogP contribution in [0.5, 0.6) is 5.75 Å². The number of nitrogens with zero attached hydrogens (tertiary/aromatic N) is 1. The van der Waals surface area contributed by atoms with Crippen molar-refractivity contribution in [1.29, 1.82) is 0 Å². The summed E-state index contributed by atoms with van der Waals surface area (Å²) < 4.78 is 23.8. The molecule has 2 N–H and O–H groups in total. The molecule has 0 aliphatic rings. The van der Waals surface area contributed by atoms with Gasteiger partial charge in [-0.1, -0.05) is 16.8 Å². The minimum atomic E-state index is -0.821. The van der Waals surface area contributed by atoms with Gasteiger partial charge in [0, 0.05) is 10.6 Å². The summed E-state index contributed by atoms with van der Waals surface area (Å²) in [5, 5.41) is 4.13. The fourth-order valence-corrected chi connectivity index (χ4v) is 2.19. The Morgan fingerprint density at radius 2 is 1.78 bits per heavy atom. The van der Waals surface area contributed by atoms with E-state index in [4.69, 9.17) is 31.3 Å². The van der Waals surface area contributed by atoms with Crippen molar-refractivity contribution in [3.63, 3.8) is 0 Å². The first-order valence-electron chi connectivity index (χ1n) is 7.79. The first-order chi connectivity index (χ1) is 13.0. The number of rotatable bonds is 6. The molecule has 0 amide bonds. The van der Waals surface area contributed by atoms with Crippen molar-refractivity contribution in [1.82, 2.24) is 0 Å². The van der Waals surface area contributed by atoms with E-state index in [2.05, 4.69) is 5.16 Å². The number of hydrogen-bond donors (Lipinski definition) is 1. The highest BCUT2D eigenvalue weighted by atomic mass is 35.5. The average molecular weight is 389 g/mol. The number of carbonyl (C=O) groups is 1. The zero-order valence-corrected chi connectivity index (χ0v) is 14.7. The molecule has 0 unspecified atom stereocenters. The highest BCUT2D eigenvalue weighted by Crippen LogP contribution is 2.18. The van der Waals surface area contributed by atoms with Crippen molar-refractivity contribution in [3.05, 3.63) is 88.6 Å². The van der Waals surface area contributed by atoms with Crippen molar-refractivity contribution in [2.24, 2.45) is 10.9 Å². The number of carbonyl (C=O) groups excluding carboxylic acids is 1. The van der Waals surface area contributed by atoms with E-state index < -0.39 is 11.8 Å². The molecule has 138 valence electrons. The lowest BCUT2D eigenvalue weighted by Gasteiger charge is -2.03. The number of amidine groups is 1. The Morgan fingerprint density at radius 1 is 1.07 bits per heavy atom. The van der Waals surface area contributed by atoms with Crippen LogP contribution >= 0.6 is 11.6 Å². The Balaban J connectivity index is 1.57. The van der Waals surface area contributed by atoms with Gasteiger partial charge in [0.2, 0.25) is 5.76 Å². The summed E-state index contributed by atoms with van der Waals surface area (Å²) >= 11 is 5.80. The fraction of sp³-hybridized carbons (Fsp3) is 0.0526. The summed E-state index contributed by atoms with van der Waals surface area (Å²) in [5.41, 5.74) is 6.11. The molecule has 2 aromatic carbocycles. The quantitative estimate of drug-likeness (QED) is 0.297. The molecule has 0 aliphatic carbocycles. The lowest BCUT2D eigenvalue weighted by atomic mass is 10.2. The lowest BCUT2D eigenvalue weighted by molar-refractivity contribution is 0.0475. The van der Waals surface area contributed by atoms with Crippen LogP contribution in [0.25, 0.3) is 0 Å². The van der Waals surface area contributed by atoms with Crippen LogP contribution in [0.2, 0.25) is 5.02 Å². The number of nitrogens with two attached hydrogens (primary N) is 1. The second kappa shape index (κ2) is 8.37. The van der Waals surface area contributed by atoms with E-state index in [-0.39, 0.29) is 18.2 Å². The maximum Gasteiger partial charge on any atom is 0.400 e. The topological polar surface area (TPSA) is 87.1 Å². The predicted molar refractivity (Wildman–Crippen MR) is 97.0 cm³/mol. The van der Waals surface area contributed by atoms with Gasteiger partial charge in [-0.25, -0.2) is 9.18 Å². The van der Waals surface area contributed by atoms with Gasteiger partial charge in [-0.15, -0.1) is 0 Å². The van der Waals surface area contributed by atoms with Crippen LogP contribution in [-0.4, -0.2) is 11.8 Å². The third kappa shape index (κ3) is 5.08. The highest BCUT2D eigenvalue weighted by Gasteiger charge is 2.14. The molecule has 3 aromatic rings. The van der Waals surface area contributed by atoms with Crippen molar-refractivity contribution in [2.45, 2.75) is 6.61 Å². The SMILES string of the molecule is N/C(=N\OC(=O)c1ccc(COc2ccc(Cl)cc2)o1)c1ccc(F)cc1. The molecule has 0 aliphatic heterocycles. The van der Waals surface area contributed by atoms with E-state index in [1.165, 1.54) is 30.3 Å². The van der Waals surface area contributed by atoms with Crippen LogP contribution in [0.4, 0.5) is 4.39 Å². The molecular weight excluding hydrogens is 375 g/mol. The summed E-state index contributed by atoms with van der Waals surface area (Å²) in [7, 11) is 0. The molecule has 0 saturated carbocycles. The van der Waals surface area contributed by atoms with Crippen LogP contribution < -0.4 is 10.5 Å². The van der Waals surface area contributed by atoms with Crippen molar-refractivity contribution >= 4 is 23.4 Å². The molecule has 8 heteroatoms. The zero-order chi connectivity index (χ0) is 19.2. The second-order valence-corrected chi connectivity index (χ2v) is 5.81. The highest BCUT2D eigenvalue weighted by molar-refractivity contribution is 6.30. The number of benzene rings is 2. The maximum absolute atomic E-state index is 12.9. The van der Waals surface area contributed by atoms with Crippen LogP contribution in [0.3, 0.4) is 0 Å². The summed E-state index contributed by atoms with van der Waals surface area (Å²) in [5.74, 6) is -0.323. The smallest absolute Gasteiger partial charge is 0.400 e. The number of furan rings is 1. The summed E-state index contributed by atoms with van der Waals surface area (Å²) in [6.45, 7) is 0.121. The predicted octanol–water partition coefficient (Wildman–Crippen LogP) is 4.13. The van der Waals surface area contributed by atoms with E-state index >= 15 is 0 Å². The van der Waals surface area contributed by atoms with Gasteiger partial charge in [0.25, 0.3) is 0 Å². The standard InChI is InChI=1S/C19H14ClFN2O4/c20-13-3-7-15(8-4-13)25-11-16-9-10-17(26-16)19(24)27-23-18(22)12-1-5-14(21)6-2-12/h1-10H,11H2,(H2,22,23). The molecular formula is C19H14ClFN2O4. The van der Waals surface area contributed by atoms with Crippen molar-refractivity contribution in [2.75, 3.05) is 0 Å². The van der Waals surface area contributed by atoms with Crippen LogP contribution in [0.1, 0.15) is 21.9 Å². The third-order valence-corrected chi connectivity index (χ3v) is 3.68. The van der Waals surface area contributed by atoms with Gasteiger partial charge in [0.15, 0.2) is 5.84 Å². The maximum atomic E-state index is 12.9. The first kappa shape index (κ1) is 18.5. The molecule has 0 radical (unpaired) electrons. The molecule has 0 saturated heterocycles. The van der Waals surface area contributed by atoms with Gasteiger partial charge in [-0.2, -0.15) is 0 Å². The molecule has 3 rings (SSSR count). The molecule has 27 heavy (non-hydrogen) atoms. The zero-order valence-electron chi connectivity index (χ0n) is 13.9. The summed E-state index contributed by atoms with van der Waals surface area (Å²) in [4.78, 5) is 16.7. The van der Waals surface area contributed by atoms with Gasteiger partial charge < -0.3 is 19.7 Å². The lowest BCUT2D eigenvalue weighted by Crippen LogP contribution is -2.15. The fourth-order valence-electron chi connectivity index (χ4n) is 2.06. The summed E-state index contributed by atoms with van der Waals surface area (Å²) in [6, 6.07) is 15.1. The van der Waals surface area contributed by atoms with Crippen molar-refractivity contribution in [3.8, 4) is 5.75 Å². The molecule has 0 spiro atoms. The van der Waals surface area contributed by atoms with Crippen molar-refractivity contribution < 1.29 is 23.2 Å². The molecule has 1 aromatic heterocycles. The van der Waals surface area contributed by atoms with Gasteiger partial charge in [0.05, 0.1) is 0 Å². The average Bonchev–Trinajstić information content (AvgIpc) is 3.15. The Bertz CT molecular complexity index is 953. The molecule has 0 fully saturated rings. The summed E-state index contributed by atoms with van der Waals surface area (Å²) in [6.07, 6.45) is 0. The van der Waals surface area contributed by atoms with E-state index in [0.29, 0.717) is 22.1 Å². The Kier molecular flexibility index (Phi) is 5.73. The molecule has 0 atom stereocenters. The van der Waals surface area contributed by atoms with Gasteiger partial charge in [-0.05, 0) is 60.7 Å². The van der Waals surface area contributed by atoms with Gasteiger partial charge in [-0.3, -0.25) is 0 Å². The number of hydrogen-bond acceptors (Lipinski definition) is 5. The first-order valence-corrected chi connectivity index (χ1v) is 8.17. The number of ether oxygens (including phenoxy) is 1. The third-order valence-electron chi connectivity index (χ3n) is 3.42. The normalized spacial score (nSPS) is 11.3. The number of halogens is 2. The molecule has 1 heterocycles. The minimum Gasteiger partial charge on any atom is -0.486 e. The largest absolute Gasteiger partial charge is 0.486 e. The molecule has 0 bridgehead atoms. The number of oxime groups is 1. The van der Waals surface area contributed by atoms with Gasteiger partial charge >= 0.3 is 5.97 Å². The van der Waals surface area contributed by atoms with E-state index in [1.54, 1.807) is 30.3 Å². The van der Waals surface area contributed by atoms with Crippen LogP contribution in [-0.2, 0) is 11.4 Å². The second-order valence-electron chi connectivity index (χ2n) is 5.37. The molecule has 6 nitrogen and oxygen atoms in total. The van der Waals surface area contributed by atoms with E-state index in [1.807, 2.05) is 0 Å². The van der Waals surface area contributed by atoms with E-state index in [9.17, 15) is 9.18 Å². The van der Waals surface area contributed by atoms with E-state index in [0.717, 1.165) is 0 Å². The Morgan fingerprint density at radius 3 is 2.48 bits per heavy atom. The minimum absolute atomic E-state index is 0.0552. The Hall–Kier alpha value is -3.32. The van der Waals surface area contributed by atoms with Crippen LogP contribution in [0, 0.1) is 5.82 Å². The monoisotopic (exact) mass is 388 g/mol. The Labute approximate surface area is 158 Å².